The van der Waals surface area contributed by atoms with Crippen LogP contribution in [0.5, 0.6) is 0 Å². The van der Waals surface area contributed by atoms with E-state index in [1.807, 2.05) is 0 Å². The van der Waals surface area contributed by atoms with Crippen molar-refractivity contribution in [3.63, 3.8) is 0 Å². The summed E-state index contributed by atoms with van der Waals surface area (Å²) in [5, 5.41) is 19.1. The van der Waals surface area contributed by atoms with E-state index in [1.54, 1.807) is 6.92 Å². The van der Waals surface area contributed by atoms with Crippen LogP contribution < -0.4 is 0 Å². The van der Waals surface area contributed by atoms with Gasteiger partial charge in [-0.3, -0.25) is 0 Å². The Balaban J connectivity index is 5.99. The molecule has 9 heteroatoms. The lowest BCUT2D eigenvalue weighted by atomic mass is 9.88. The summed E-state index contributed by atoms with van der Waals surface area (Å²) < 4.78 is 20.6. The third kappa shape index (κ3) is 6.97. The van der Waals surface area contributed by atoms with E-state index in [2.05, 4.69) is 19.7 Å². The van der Waals surface area contributed by atoms with Crippen molar-refractivity contribution < 1.29 is 43.5 Å². The second-order valence-electron chi connectivity index (χ2n) is 5.60. The van der Waals surface area contributed by atoms with Gasteiger partial charge in [-0.2, -0.15) is 0 Å². The van der Waals surface area contributed by atoms with Gasteiger partial charge < -0.3 is 29.2 Å². The maximum atomic E-state index is 11.8. The van der Waals surface area contributed by atoms with Crippen molar-refractivity contribution in [1.29, 1.82) is 0 Å². The molecule has 0 aliphatic carbocycles. The molecule has 0 amide bonds. The summed E-state index contributed by atoms with van der Waals surface area (Å²) in [4.78, 5) is 35.1. The Morgan fingerprint density at radius 2 is 1.41 bits per heavy atom. The van der Waals surface area contributed by atoms with Crippen molar-refractivity contribution in [2.24, 2.45) is 5.41 Å². The number of carbonyl (C=O) groups is 3. The molecule has 0 saturated heterocycles. The zero-order chi connectivity index (χ0) is 21.1. The zero-order valence-corrected chi connectivity index (χ0v) is 15.5. The van der Waals surface area contributed by atoms with Crippen LogP contribution in [-0.4, -0.2) is 60.0 Å². The average molecular weight is 386 g/mol. The van der Waals surface area contributed by atoms with Crippen LogP contribution in [0.25, 0.3) is 0 Å². The highest BCUT2D eigenvalue weighted by Gasteiger charge is 2.50. The number of rotatable bonds is 13. The topological polar surface area (TPSA) is 129 Å². The van der Waals surface area contributed by atoms with Gasteiger partial charge in [0, 0.05) is 23.6 Å². The molecule has 0 rings (SSSR count). The van der Waals surface area contributed by atoms with Crippen LogP contribution in [-0.2, 0) is 33.3 Å². The van der Waals surface area contributed by atoms with Gasteiger partial charge in [0.25, 0.3) is 0 Å². The van der Waals surface area contributed by atoms with Gasteiger partial charge in [-0.1, -0.05) is 26.7 Å². The molecule has 0 aliphatic rings. The molecule has 0 fully saturated rings. The summed E-state index contributed by atoms with van der Waals surface area (Å²) in [5.74, 6) is -5.49. The number of carbonyl (C=O) groups excluding carboxylic acids is 3. The molecule has 2 N–H and O–H groups in total. The Hall–Kier alpha value is -2.49. The predicted octanol–water partition coefficient (Wildman–Crippen LogP) is 0.614. The lowest BCUT2D eigenvalue weighted by Crippen LogP contribution is -2.54. The first kappa shape index (κ1) is 24.5. The van der Waals surface area contributed by atoms with Crippen molar-refractivity contribution in [3.8, 4) is 0 Å². The van der Waals surface area contributed by atoms with Crippen LogP contribution in [0.4, 0.5) is 0 Å². The summed E-state index contributed by atoms with van der Waals surface area (Å²) in [6.07, 6.45) is 1.26. The van der Waals surface area contributed by atoms with Gasteiger partial charge in [0.05, 0.1) is 19.8 Å². The number of aliphatic hydroxyl groups excluding tert-OH is 2. The summed E-state index contributed by atoms with van der Waals surface area (Å²) in [5.41, 5.74) is -1.13. The number of hydrogen-bond donors (Lipinski definition) is 2. The fraction of sp³-hybridized carbons (Fsp3) is 0.500. The number of aliphatic hydroxyl groups is 2. The molecule has 0 saturated carbocycles. The van der Waals surface area contributed by atoms with E-state index < -0.39 is 55.2 Å². The van der Waals surface area contributed by atoms with E-state index in [-0.39, 0.29) is 6.42 Å². The molecule has 0 aliphatic heterocycles. The highest BCUT2D eigenvalue weighted by molar-refractivity contribution is 5.84. The molecular formula is C18H26O9. The normalized spacial score (nSPS) is 12.4. The van der Waals surface area contributed by atoms with Crippen LogP contribution in [0.15, 0.2) is 38.0 Å². The van der Waals surface area contributed by atoms with Crippen LogP contribution in [0.3, 0.4) is 0 Å². The minimum absolute atomic E-state index is 0.279. The van der Waals surface area contributed by atoms with Crippen molar-refractivity contribution in [2.75, 3.05) is 19.8 Å². The van der Waals surface area contributed by atoms with Crippen molar-refractivity contribution in [3.05, 3.63) is 38.0 Å². The Kier molecular flexibility index (Phi) is 10.2. The smallest absolute Gasteiger partial charge is 0.415 e. The van der Waals surface area contributed by atoms with E-state index in [9.17, 15) is 24.6 Å². The fourth-order valence-electron chi connectivity index (χ4n) is 1.74. The average Bonchev–Trinajstić information content (AvgIpc) is 2.68. The lowest BCUT2D eigenvalue weighted by Gasteiger charge is -2.38. The summed E-state index contributed by atoms with van der Waals surface area (Å²) in [6, 6.07) is 0. The minimum Gasteiger partial charge on any atom is -0.448 e. The predicted molar refractivity (Wildman–Crippen MR) is 93.9 cm³/mol. The zero-order valence-electron chi connectivity index (χ0n) is 15.5. The molecule has 0 aromatic rings. The van der Waals surface area contributed by atoms with Crippen molar-refractivity contribution in [2.45, 2.75) is 32.3 Å². The molecular weight excluding hydrogens is 360 g/mol. The molecule has 0 bridgehead atoms. The largest absolute Gasteiger partial charge is 0.448 e. The van der Waals surface area contributed by atoms with Crippen LogP contribution in [0.2, 0.25) is 0 Å². The molecule has 1 unspecified atom stereocenters. The first-order valence-electron chi connectivity index (χ1n) is 8.07. The van der Waals surface area contributed by atoms with E-state index >= 15 is 0 Å². The lowest BCUT2D eigenvalue weighted by molar-refractivity contribution is -0.381. The van der Waals surface area contributed by atoms with Crippen LogP contribution in [0, 0.1) is 5.41 Å². The second-order valence-corrected chi connectivity index (χ2v) is 5.60. The number of esters is 3. The maximum Gasteiger partial charge on any atom is 0.415 e. The molecule has 27 heavy (non-hydrogen) atoms. The molecule has 152 valence electrons. The Bertz CT molecular complexity index is 533. The molecule has 9 nitrogen and oxygen atoms in total. The molecule has 0 radical (unpaired) electrons. The van der Waals surface area contributed by atoms with Gasteiger partial charge in [-0.25, -0.2) is 14.4 Å². The molecule has 0 aromatic heterocycles. The van der Waals surface area contributed by atoms with E-state index in [0.29, 0.717) is 0 Å². The first-order valence-corrected chi connectivity index (χ1v) is 8.07. The fourth-order valence-corrected chi connectivity index (χ4v) is 1.74. The molecule has 0 spiro atoms. The Labute approximate surface area is 157 Å². The van der Waals surface area contributed by atoms with E-state index in [4.69, 9.17) is 18.9 Å². The van der Waals surface area contributed by atoms with Gasteiger partial charge in [-0.15, -0.1) is 0 Å². The van der Waals surface area contributed by atoms with Crippen LogP contribution >= 0.6 is 0 Å². The van der Waals surface area contributed by atoms with Crippen LogP contribution in [0.1, 0.15) is 20.3 Å². The summed E-state index contributed by atoms with van der Waals surface area (Å²) in [6.45, 7) is 11.3. The highest BCUT2D eigenvalue weighted by Crippen LogP contribution is 2.29. The molecule has 0 aromatic carbocycles. The summed E-state index contributed by atoms with van der Waals surface area (Å²) in [7, 11) is 0. The van der Waals surface area contributed by atoms with E-state index in [1.165, 1.54) is 6.92 Å². The quantitative estimate of drug-likeness (QED) is 0.266. The van der Waals surface area contributed by atoms with Gasteiger partial charge in [-0.05, 0) is 13.3 Å². The second kappa shape index (κ2) is 11.3. The van der Waals surface area contributed by atoms with Crippen molar-refractivity contribution in [1.82, 2.24) is 0 Å². The van der Waals surface area contributed by atoms with Gasteiger partial charge in [0.1, 0.15) is 0 Å². The van der Waals surface area contributed by atoms with Crippen molar-refractivity contribution >= 4 is 17.9 Å². The minimum atomic E-state index is -2.51. The summed E-state index contributed by atoms with van der Waals surface area (Å²) >= 11 is 0. The standard InChI is InChI=1S/C18H26O9/c1-6-14(21)25-13(5)18(26-15(22)7-2,27-16(23)8-3)24-12-17(9-4,10-19)11-20/h6-8,13,19-20H,1-3,9-12H2,4-5H3. The van der Waals surface area contributed by atoms with Gasteiger partial charge >= 0.3 is 23.9 Å². The van der Waals surface area contributed by atoms with E-state index in [0.717, 1.165) is 18.2 Å². The molecule has 0 heterocycles. The SMILES string of the molecule is C=CC(=O)OC(C)C(OCC(CC)(CO)CO)(OC(=O)C=C)OC(=O)C=C. The number of hydrogen-bond acceptors (Lipinski definition) is 9. The number of ether oxygens (including phenoxy) is 4. The maximum absolute atomic E-state index is 11.8. The third-order valence-electron chi connectivity index (χ3n) is 3.78. The monoisotopic (exact) mass is 386 g/mol. The third-order valence-corrected chi connectivity index (χ3v) is 3.78. The highest BCUT2D eigenvalue weighted by atomic mass is 16.9. The Morgan fingerprint density at radius 3 is 1.74 bits per heavy atom. The molecule has 1 atom stereocenters. The Morgan fingerprint density at radius 1 is 0.963 bits per heavy atom. The first-order chi connectivity index (χ1) is 12.7. The van der Waals surface area contributed by atoms with Gasteiger partial charge in [0.15, 0.2) is 0 Å². The van der Waals surface area contributed by atoms with Gasteiger partial charge in [0.2, 0.25) is 6.10 Å².